The molecule has 1 fully saturated rings. The molecule has 2 N–H and O–H groups in total. The van der Waals surface area contributed by atoms with Gasteiger partial charge in [-0.15, -0.1) is 0 Å². The van der Waals surface area contributed by atoms with Crippen molar-refractivity contribution in [1.29, 1.82) is 0 Å². The number of benzene rings is 1. The molecule has 0 aromatic heterocycles. The molecular formula is C15H17BrFNO3. The maximum absolute atomic E-state index is 13.2. The van der Waals surface area contributed by atoms with Crippen molar-refractivity contribution in [3.05, 3.63) is 28.5 Å². The summed E-state index contributed by atoms with van der Waals surface area (Å²) in [5.41, 5.74) is -0.668. The predicted molar refractivity (Wildman–Crippen MR) is 80.5 cm³/mol. The summed E-state index contributed by atoms with van der Waals surface area (Å²) >= 11 is 3.23. The van der Waals surface area contributed by atoms with Crippen LogP contribution in [0.5, 0.6) is 0 Å². The van der Waals surface area contributed by atoms with E-state index in [0.29, 0.717) is 23.0 Å². The van der Waals surface area contributed by atoms with Gasteiger partial charge in [-0.25, -0.2) is 4.39 Å². The third-order valence-corrected chi connectivity index (χ3v) is 4.66. The lowest BCUT2D eigenvalue weighted by molar-refractivity contribution is -0.153. The molecule has 1 amide bonds. The van der Waals surface area contributed by atoms with Crippen LogP contribution in [0.25, 0.3) is 0 Å². The first-order valence-corrected chi connectivity index (χ1v) is 7.71. The van der Waals surface area contributed by atoms with E-state index < -0.39 is 23.1 Å². The number of carbonyl (C=O) groups is 2. The number of hydrogen-bond donors (Lipinski definition) is 2. The minimum Gasteiger partial charge on any atom is -0.481 e. The van der Waals surface area contributed by atoms with Gasteiger partial charge in [0.2, 0.25) is 5.91 Å². The molecule has 0 heterocycles. The van der Waals surface area contributed by atoms with Crippen LogP contribution >= 0.6 is 15.9 Å². The SMILES string of the molecule is O=C(CC1(C(=O)O)CCCCC1)Nc1cc(F)ccc1Br. The van der Waals surface area contributed by atoms with Crippen LogP contribution in [-0.4, -0.2) is 17.0 Å². The van der Waals surface area contributed by atoms with E-state index in [1.54, 1.807) is 0 Å². The van der Waals surface area contributed by atoms with Gasteiger partial charge in [-0.2, -0.15) is 0 Å². The molecule has 0 unspecified atom stereocenters. The van der Waals surface area contributed by atoms with Crippen LogP contribution in [0.3, 0.4) is 0 Å². The van der Waals surface area contributed by atoms with Crippen LogP contribution in [0.4, 0.5) is 10.1 Å². The Morgan fingerprint density at radius 3 is 2.57 bits per heavy atom. The highest BCUT2D eigenvalue weighted by molar-refractivity contribution is 9.10. The molecule has 114 valence electrons. The molecule has 0 bridgehead atoms. The highest BCUT2D eigenvalue weighted by atomic mass is 79.9. The topological polar surface area (TPSA) is 66.4 Å². The van der Waals surface area contributed by atoms with Gasteiger partial charge < -0.3 is 10.4 Å². The largest absolute Gasteiger partial charge is 0.481 e. The van der Waals surface area contributed by atoms with Gasteiger partial charge in [-0.05, 0) is 47.0 Å². The van der Waals surface area contributed by atoms with Gasteiger partial charge >= 0.3 is 5.97 Å². The summed E-state index contributed by atoms with van der Waals surface area (Å²) in [7, 11) is 0. The summed E-state index contributed by atoms with van der Waals surface area (Å²) < 4.78 is 13.8. The van der Waals surface area contributed by atoms with Gasteiger partial charge in [-0.3, -0.25) is 9.59 Å². The number of amides is 1. The first-order valence-electron chi connectivity index (χ1n) is 6.91. The third-order valence-electron chi connectivity index (χ3n) is 3.97. The fraction of sp³-hybridized carbons (Fsp3) is 0.467. The molecule has 0 spiro atoms. The molecule has 0 radical (unpaired) electrons. The first-order chi connectivity index (χ1) is 9.93. The Bertz CT molecular complexity index is 556. The Hall–Kier alpha value is -1.43. The summed E-state index contributed by atoms with van der Waals surface area (Å²) in [6.07, 6.45) is 3.60. The molecule has 4 nitrogen and oxygen atoms in total. The molecule has 0 atom stereocenters. The lowest BCUT2D eigenvalue weighted by atomic mass is 9.71. The first kappa shape index (κ1) is 15.9. The number of carboxylic acid groups (broad SMARTS) is 1. The van der Waals surface area contributed by atoms with Crippen molar-refractivity contribution in [2.75, 3.05) is 5.32 Å². The summed E-state index contributed by atoms with van der Waals surface area (Å²) in [6.45, 7) is 0. The minimum atomic E-state index is -0.984. The number of nitrogens with one attached hydrogen (secondary N) is 1. The molecule has 21 heavy (non-hydrogen) atoms. The molecule has 1 aliphatic carbocycles. The Morgan fingerprint density at radius 2 is 1.95 bits per heavy atom. The van der Waals surface area contributed by atoms with E-state index in [1.165, 1.54) is 18.2 Å². The summed E-state index contributed by atoms with van der Waals surface area (Å²) in [5, 5.41) is 12.0. The number of carbonyl (C=O) groups excluding carboxylic acids is 1. The highest BCUT2D eigenvalue weighted by Gasteiger charge is 2.41. The van der Waals surface area contributed by atoms with E-state index in [-0.39, 0.29) is 6.42 Å². The van der Waals surface area contributed by atoms with Gasteiger partial charge in [0.15, 0.2) is 0 Å². The summed E-state index contributed by atoms with van der Waals surface area (Å²) in [4.78, 5) is 23.7. The van der Waals surface area contributed by atoms with Gasteiger partial charge in [0, 0.05) is 10.9 Å². The van der Waals surface area contributed by atoms with Crippen LogP contribution in [0.1, 0.15) is 38.5 Å². The molecular weight excluding hydrogens is 341 g/mol. The number of carboxylic acids is 1. The van der Waals surface area contributed by atoms with Crippen molar-refractivity contribution in [2.24, 2.45) is 5.41 Å². The molecule has 1 aliphatic rings. The van der Waals surface area contributed by atoms with Crippen LogP contribution in [0.15, 0.2) is 22.7 Å². The van der Waals surface area contributed by atoms with Crippen molar-refractivity contribution in [3.8, 4) is 0 Å². The Balaban J connectivity index is 2.09. The lowest BCUT2D eigenvalue weighted by Gasteiger charge is -2.32. The number of hydrogen-bond acceptors (Lipinski definition) is 2. The van der Waals surface area contributed by atoms with Crippen LogP contribution < -0.4 is 5.32 Å². The normalized spacial score (nSPS) is 17.2. The highest BCUT2D eigenvalue weighted by Crippen LogP contribution is 2.40. The number of aliphatic carboxylic acids is 1. The van der Waals surface area contributed by atoms with Gasteiger partial charge in [0.25, 0.3) is 0 Å². The number of rotatable bonds is 4. The smallest absolute Gasteiger partial charge is 0.310 e. The maximum atomic E-state index is 13.2. The lowest BCUT2D eigenvalue weighted by Crippen LogP contribution is -2.37. The van der Waals surface area contributed by atoms with Crippen LogP contribution in [0, 0.1) is 11.2 Å². The number of anilines is 1. The molecule has 2 rings (SSSR count). The average molecular weight is 358 g/mol. The Morgan fingerprint density at radius 1 is 1.29 bits per heavy atom. The van der Waals surface area contributed by atoms with E-state index in [2.05, 4.69) is 21.2 Å². The molecule has 1 aromatic rings. The van der Waals surface area contributed by atoms with Crippen molar-refractivity contribution in [2.45, 2.75) is 38.5 Å². The van der Waals surface area contributed by atoms with Crippen LogP contribution in [-0.2, 0) is 9.59 Å². The fourth-order valence-corrected chi connectivity index (χ4v) is 3.14. The van der Waals surface area contributed by atoms with E-state index in [0.717, 1.165) is 19.3 Å². The fourth-order valence-electron chi connectivity index (χ4n) is 2.79. The van der Waals surface area contributed by atoms with E-state index in [9.17, 15) is 19.1 Å². The van der Waals surface area contributed by atoms with Crippen LogP contribution in [0.2, 0.25) is 0 Å². The summed E-state index contributed by atoms with van der Waals surface area (Å²) in [5.74, 6) is -1.78. The molecule has 0 saturated heterocycles. The number of halogens is 2. The van der Waals surface area contributed by atoms with Crippen molar-refractivity contribution in [1.82, 2.24) is 0 Å². The summed E-state index contributed by atoms with van der Waals surface area (Å²) in [6, 6.07) is 3.98. The van der Waals surface area contributed by atoms with E-state index in [1.807, 2.05) is 0 Å². The average Bonchev–Trinajstić information content (AvgIpc) is 2.43. The maximum Gasteiger partial charge on any atom is 0.310 e. The molecule has 1 saturated carbocycles. The second-order valence-corrected chi connectivity index (χ2v) is 6.35. The van der Waals surface area contributed by atoms with Crippen molar-refractivity contribution < 1.29 is 19.1 Å². The zero-order chi connectivity index (χ0) is 15.5. The molecule has 6 heteroatoms. The predicted octanol–water partition coefficient (Wildman–Crippen LogP) is 3.95. The zero-order valence-electron chi connectivity index (χ0n) is 11.5. The van der Waals surface area contributed by atoms with E-state index >= 15 is 0 Å². The van der Waals surface area contributed by atoms with Crippen molar-refractivity contribution in [3.63, 3.8) is 0 Å². The minimum absolute atomic E-state index is 0.0781. The van der Waals surface area contributed by atoms with E-state index in [4.69, 9.17) is 0 Å². The van der Waals surface area contributed by atoms with Gasteiger partial charge in [-0.1, -0.05) is 19.3 Å². The second-order valence-electron chi connectivity index (χ2n) is 5.50. The molecule has 0 aliphatic heterocycles. The monoisotopic (exact) mass is 357 g/mol. The molecule has 1 aromatic carbocycles. The standard InChI is InChI=1S/C15H17BrFNO3/c16-11-5-4-10(17)8-12(11)18-13(19)9-15(14(20)21)6-2-1-3-7-15/h4-5,8H,1-3,6-7,9H2,(H,18,19)(H,20,21). The van der Waals surface area contributed by atoms with Gasteiger partial charge in [0.1, 0.15) is 5.82 Å². The van der Waals surface area contributed by atoms with Gasteiger partial charge in [0.05, 0.1) is 11.1 Å². The second kappa shape index (κ2) is 6.56. The Labute approximate surface area is 130 Å². The quantitative estimate of drug-likeness (QED) is 0.857. The van der Waals surface area contributed by atoms with Crippen molar-refractivity contribution >= 4 is 33.5 Å². The third kappa shape index (κ3) is 3.81. The zero-order valence-corrected chi connectivity index (χ0v) is 13.1. The Kier molecular flexibility index (Phi) is 4.98.